The monoisotopic (exact) mass is 304 g/mol. The number of amides is 1. The normalized spacial score (nSPS) is 12.2. The molecular weight excluding hydrogens is 284 g/mol. The molecule has 1 N–H and O–H groups in total. The Labute approximate surface area is 129 Å². The van der Waals surface area contributed by atoms with Crippen molar-refractivity contribution in [1.29, 1.82) is 0 Å². The van der Waals surface area contributed by atoms with Gasteiger partial charge in [-0.2, -0.15) is 0 Å². The number of carbonyl (C=O) groups excluding carboxylic acids is 1. The van der Waals surface area contributed by atoms with Crippen LogP contribution >= 0.6 is 11.3 Å². The number of benzene rings is 1. The second-order valence-corrected chi connectivity index (χ2v) is 6.02. The zero-order chi connectivity index (χ0) is 15.2. The molecular formula is C16H20N2O2S. The van der Waals surface area contributed by atoms with Crippen molar-refractivity contribution in [2.45, 2.75) is 33.4 Å². The Morgan fingerprint density at radius 2 is 2.00 bits per heavy atom. The molecule has 0 bridgehead atoms. The highest BCUT2D eigenvalue weighted by atomic mass is 32.1. The quantitative estimate of drug-likeness (QED) is 0.888. The van der Waals surface area contributed by atoms with E-state index >= 15 is 0 Å². The average molecular weight is 304 g/mol. The van der Waals surface area contributed by atoms with Gasteiger partial charge in [0.1, 0.15) is 12.4 Å². The van der Waals surface area contributed by atoms with Crippen LogP contribution in [0, 0.1) is 5.92 Å². The molecule has 1 aromatic heterocycles. The topological polar surface area (TPSA) is 51.2 Å². The summed E-state index contributed by atoms with van der Waals surface area (Å²) in [5, 5.41) is 4.93. The van der Waals surface area contributed by atoms with Crippen molar-refractivity contribution in [2.24, 2.45) is 5.92 Å². The molecule has 5 heteroatoms. The van der Waals surface area contributed by atoms with Crippen LogP contribution < -0.4 is 10.1 Å². The first-order valence-electron chi connectivity index (χ1n) is 6.97. The van der Waals surface area contributed by atoms with Crippen LogP contribution in [0.3, 0.4) is 0 Å². The molecule has 0 radical (unpaired) electrons. The molecule has 2 aromatic rings. The van der Waals surface area contributed by atoms with E-state index in [4.69, 9.17) is 4.74 Å². The first-order valence-corrected chi connectivity index (χ1v) is 7.91. The van der Waals surface area contributed by atoms with Gasteiger partial charge in [0.2, 0.25) is 0 Å². The number of rotatable bonds is 6. The molecule has 0 saturated carbocycles. The van der Waals surface area contributed by atoms with E-state index in [1.165, 1.54) is 0 Å². The van der Waals surface area contributed by atoms with Crippen LogP contribution in [0.2, 0.25) is 0 Å². The van der Waals surface area contributed by atoms with Crippen molar-refractivity contribution in [3.8, 4) is 5.75 Å². The van der Waals surface area contributed by atoms with Crippen LogP contribution in [0.5, 0.6) is 5.75 Å². The van der Waals surface area contributed by atoms with Gasteiger partial charge in [-0.05, 0) is 37.1 Å². The minimum absolute atomic E-state index is 0.0535. The number of nitrogens with one attached hydrogen (secondary N) is 1. The van der Waals surface area contributed by atoms with Crippen LogP contribution in [-0.4, -0.2) is 16.9 Å². The molecule has 0 aliphatic rings. The lowest BCUT2D eigenvalue weighted by molar-refractivity contribution is 0.0930. The lowest BCUT2D eigenvalue weighted by atomic mass is 10.1. The highest BCUT2D eigenvalue weighted by Crippen LogP contribution is 2.15. The molecule has 4 nitrogen and oxygen atoms in total. The standard InChI is InChI=1S/C16H20N2O2S/c1-11(2)12(3)18-16(19)13-4-6-15(7-5-13)20-8-14-9-21-10-17-14/h4-7,9-12H,8H2,1-3H3,(H,18,19). The molecule has 1 atom stereocenters. The second kappa shape index (κ2) is 7.22. The second-order valence-electron chi connectivity index (χ2n) is 5.30. The SMILES string of the molecule is CC(C)C(C)NC(=O)c1ccc(OCc2cscn2)cc1. The van der Waals surface area contributed by atoms with Crippen molar-refractivity contribution in [2.75, 3.05) is 0 Å². The lowest BCUT2D eigenvalue weighted by Gasteiger charge is -2.17. The summed E-state index contributed by atoms with van der Waals surface area (Å²) < 4.78 is 5.62. The van der Waals surface area contributed by atoms with Gasteiger partial charge >= 0.3 is 0 Å². The zero-order valence-electron chi connectivity index (χ0n) is 12.5. The van der Waals surface area contributed by atoms with Crippen LogP contribution in [0.25, 0.3) is 0 Å². The van der Waals surface area contributed by atoms with E-state index in [1.807, 2.05) is 12.3 Å². The van der Waals surface area contributed by atoms with E-state index in [2.05, 4.69) is 24.1 Å². The third-order valence-electron chi connectivity index (χ3n) is 3.35. The van der Waals surface area contributed by atoms with Gasteiger partial charge in [0.05, 0.1) is 11.2 Å². The smallest absolute Gasteiger partial charge is 0.251 e. The predicted octanol–water partition coefficient (Wildman–Crippen LogP) is 3.50. The Bertz CT molecular complexity index is 564. The van der Waals surface area contributed by atoms with Crippen molar-refractivity contribution in [3.63, 3.8) is 0 Å². The maximum absolute atomic E-state index is 12.1. The number of ether oxygens (including phenoxy) is 1. The highest BCUT2D eigenvalue weighted by Gasteiger charge is 2.12. The van der Waals surface area contributed by atoms with E-state index in [0.29, 0.717) is 18.1 Å². The summed E-state index contributed by atoms with van der Waals surface area (Å²) in [7, 11) is 0. The molecule has 1 heterocycles. The number of hydrogen-bond donors (Lipinski definition) is 1. The summed E-state index contributed by atoms with van der Waals surface area (Å²) >= 11 is 1.54. The summed E-state index contributed by atoms with van der Waals surface area (Å²) in [6, 6.07) is 7.32. The lowest BCUT2D eigenvalue weighted by Crippen LogP contribution is -2.36. The molecule has 0 fully saturated rings. The first-order chi connectivity index (χ1) is 10.1. The molecule has 1 unspecified atom stereocenters. The summed E-state index contributed by atoms with van der Waals surface area (Å²) in [4.78, 5) is 16.2. The summed E-state index contributed by atoms with van der Waals surface area (Å²) in [5.41, 5.74) is 3.33. The van der Waals surface area contributed by atoms with Gasteiger partial charge < -0.3 is 10.1 Å². The minimum atomic E-state index is -0.0535. The molecule has 2 rings (SSSR count). The van der Waals surface area contributed by atoms with E-state index in [9.17, 15) is 4.79 Å². The molecule has 0 spiro atoms. The molecule has 0 aliphatic carbocycles. The van der Waals surface area contributed by atoms with E-state index in [0.717, 1.165) is 11.4 Å². The maximum atomic E-state index is 12.1. The Hall–Kier alpha value is -1.88. The van der Waals surface area contributed by atoms with E-state index in [1.54, 1.807) is 41.1 Å². The van der Waals surface area contributed by atoms with Gasteiger partial charge in [-0.3, -0.25) is 4.79 Å². The molecule has 21 heavy (non-hydrogen) atoms. The van der Waals surface area contributed by atoms with Crippen molar-refractivity contribution in [1.82, 2.24) is 10.3 Å². The van der Waals surface area contributed by atoms with Crippen molar-refractivity contribution < 1.29 is 9.53 Å². The summed E-state index contributed by atoms with van der Waals surface area (Å²) in [5.74, 6) is 1.09. The third kappa shape index (κ3) is 4.56. The molecule has 1 amide bonds. The van der Waals surface area contributed by atoms with Crippen LogP contribution in [0.1, 0.15) is 36.8 Å². The summed E-state index contributed by atoms with van der Waals surface area (Å²) in [6.07, 6.45) is 0. The Balaban J connectivity index is 1.90. The van der Waals surface area contributed by atoms with E-state index < -0.39 is 0 Å². The number of nitrogens with zero attached hydrogens (tertiary/aromatic N) is 1. The van der Waals surface area contributed by atoms with Gasteiger partial charge in [-0.1, -0.05) is 13.8 Å². The highest BCUT2D eigenvalue weighted by molar-refractivity contribution is 7.07. The average Bonchev–Trinajstić information content (AvgIpc) is 2.98. The Kier molecular flexibility index (Phi) is 5.33. The van der Waals surface area contributed by atoms with Gasteiger partial charge in [-0.15, -0.1) is 11.3 Å². The van der Waals surface area contributed by atoms with Gasteiger partial charge in [-0.25, -0.2) is 4.98 Å². The fourth-order valence-corrected chi connectivity index (χ4v) is 2.17. The number of carbonyl (C=O) groups is 1. The maximum Gasteiger partial charge on any atom is 0.251 e. The Morgan fingerprint density at radius 1 is 1.29 bits per heavy atom. The van der Waals surface area contributed by atoms with Gasteiger partial charge in [0.25, 0.3) is 5.91 Å². The minimum Gasteiger partial charge on any atom is -0.487 e. The number of aromatic nitrogens is 1. The third-order valence-corrected chi connectivity index (χ3v) is 3.98. The van der Waals surface area contributed by atoms with Gasteiger partial charge in [0.15, 0.2) is 0 Å². The summed E-state index contributed by atoms with van der Waals surface area (Å²) in [6.45, 7) is 6.62. The van der Waals surface area contributed by atoms with Crippen molar-refractivity contribution >= 4 is 17.2 Å². The van der Waals surface area contributed by atoms with Crippen LogP contribution in [0.4, 0.5) is 0 Å². The molecule has 0 saturated heterocycles. The first kappa shape index (κ1) is 15.5. The van der Waals surface area contributed by atoms with Gasteiger partial charge in [0, 0.05) is 17.0 Å². The number of hydrogen-bond acceptors (Lipinski definition) is 4. The largest absolute Gasteiger partial charge is 0.487 e. The number of thiazole rings is 1. The van der Waals surface area contributed by atoms with Crippen LogP contribution in [0.15, 0.2) is 35.2 Å². The van der Waals surface area contributed by atoms with E-state index in [-0.39, 0.29) is 11.9 Å². The molecule has 0 aliphatic heterocycles. The Morgan fingerprint density at radius 3 is 2.57 bits per heavy atom. The van der Waals surface area contributed by atoms with Crippen molar-refractivity contribution in [3.05, 3.63) is 46.4 Å². The van der Waals surface area contributed by atoms with Crippen LogP contribution in [-0.2, 0) is 6.61 Å². The fraction of sp³-hybridized carbons (Fsp3) is 0.375. The zero-order valence-corrected chi connectivity index (χ0v) is 13.3. The fourth-order valence-electron chi connectivity index (χ4n) is 1.63. The molecule has 1 aromatic carbocycles. The predicted molar refractivity (Wildman–Crippen MR) is 84.7 cm³/mol. The molecule has 112 valence electrons.